The van der Waals surface area contributed by atoms with Gasteiger partial charge in [-0.15, -0.1) is 11.8 Å². The number of nitro benzene ring substituents is 1. The average Bonchev–Trinajstić information content (AvgIpc) is 2.48. The van der Waals surface area contributed by atoms with Gasteiger partial charge < -0.3 is 10.5 Å². The summed E-state index contributed by atoms with van der Waals surface area (Å²) < 4.78 is 6.05. The third-order valence-corrected chi connectivity index (χ3v) is 4.84. The summed E-state index contributed by atoms with van der Waals surface area (Å²) in [5.41, 5.74) is 5.92. The summed E-state index contributed by atoms with van der Waals surface area (Å²) in [5, 5.41) is 11.1. The Labute approximate surface area is 129 Å². The third-order valence-electron chi connectivity index (χ3n) is 3.60. The number of ether oxygens (including phenoxy) is 1. The van der Waals surface area contributed by atoms with Gasteiger partial charge in [-0.1, -0.05) is 13.3 Å². The van der Waals surface area contributed by atoms with Crippen LogP contribution < -0.4 is 10.5 Å². The van der Waals surface area contributed by atoms with Gasteiger partial charge in [0.05, 0.1) is 22.0 Å². The first kappa shape index (κ1) is 15.9. The molecule has 0 bridgehead atoms. The normalized spacial score (nSPS) is 15.9. The molecule has 0 atom stereocenters. The number of nitro groups is 1. The molecule has 0 unspecified atom stereocenters. The van der Waals surface area contributed by atoms with Crippen LogP contribution in [0, 0.1) is 10.1 Å². The predicted molar refractivity (Wildman–Crippen MR) is 86.0 cm³/mol. The summed E-state index contributed by atoms with van der Waals surface area (Å²) in [6.07, 6.45) is 6.83. The molecule has 0 spiro atoms. The van der Waals surface area contributed by atoms with Crippen molar-refractivity contribution >= 4 is 23.1 Å². The Balaban J connectivity index is 2.24. The van der Waals surface area contributed by atoms with E-state index >= 15 is 0 Å². The molecule has 6 heteroatoms. The fourth-order valence-electron chi connectivity index (χ4n) is 2.50. The SMILES string of the molecule is CCCSc1cc(N)c([N+](=O)[O-])cc1OC1CCCCC1. The Kier molecular flexibility index (Phi) is 5.73. The summed E-state index contributed by atoms with van der Waals surface area (Å²) in [5.74, 6) is 1.56. The van der Waals surface area contributed by atoms with Crippen LogP contribution in [-0.4, -0.2) is 16.8 Å². The highest BCUT2D eigenvalue weighted by Crippen LogP contribution is 2.38. The molecule has 1 aromatic rings. The highest BCUT2D eigenvalue weighted by Gasteiger charge is 2.21. The lowest BCUT2D eigenvalue weighted by atomic mass is 9.98. The zero-order valence-electron chi connectivity index (χ0n) is 12.3. The van der Waals surface area contributed by atoms with Crippen LogP contribution in [0.15, 0.2) is 17.0 Å². The fourth-order valence-corrected chi connectivity index (χ4v) is 3.39. The van der Waals surface area contributed by atoms with E-state index in [1.165, 1.54) is 25.3 Å². The Morgan fingerprint density at radius 1 is 1.38 bits per heavy atom. The molecule has 21 heavy (non-hydrogen) atoms. The number of nitrogen functional groups attached to an aromatic ring is 1. The summed E-state index contributed by atoms with van der Waals surface area (Å²) in [7, 11) is 0. The van der Waals surface area contributed by atoms with Gasteiger partial charge in [0.1, 0.15) is 11.4 Å². The average molecular weight is 310 g/mol. The van der Waals surface area contributed by atoms with Gasteiger partial charge in [-0.3, -0.25) is 10.1 Å². The van der Waals surface area contributed by atoms with Gasteiger partial charge in [-0.2, -0.15) is 0 Å². The van der Waals surface area contributed by atoms with E-state index < -0.39 is 4.92 Å². The van der Waals surface area contributed by atoms with E-state index in [2.05, 4.69) is 6.92 Å². The highest BCUT2D eigenvalue weighted by molar-refractivity contribution is 7.99. The van der Waals surface area contributed by atoms with Gasteiger partial charge in [0.15, 0.2) is 0 Å². The summed E-state index contributed by atoms with van der Waals surface area (Å²) >= 11 is 1.64. The second-order valence-corrected chi connectivity index (χ2v) is 6.48. The number of nitrogens with zero attached hydrogens (tertiary/aromatic N) is 1. The molecule has 0 aromatic heterocycles. The smallest absolute Gasteiger partial charge is 0.295 e. The van der Waals surface area contributed by atoms with Crippen molar-refractivity contribution in [2.45, 2.75) is 56.4 Å². The van der Waals surface area contributed by atoms with Gasteiger partial charge >= 0.3 is 0 Å². The number of hydrogen-bond donors (Lipinski definition) is 1. The molecule has 1 saturated carbocycles. The molecule has 5 nitrogen and oxygen atoms in total. The number of hydrogen-bond acceptors (Lipinski definition) is 5. The molecule has 2 N–H and O–H groups in total. The maximum absolute atomic E-state index is 11.1. The van der Waals surface area contributed by atoms with E-state index in [1.807, 2.05) is 0 Å². The van der Waals surface area contributed by atoms with Crippen molar-refractivity contribution in [3.63, 3.8) is 0 Å². The summed E-state index contributed by atoms with van der Waals surface area (Å²) in [6, 6.07) is 3.17. The Morgan fingerprint density at radius 3 is 2.71 bits per heavy atom. The van der Waals surface area contributed by atoms with Crippen molar-refractivity contribution < 1.29 is 9.66 Å². The number of rotatable bonds is 6. The molecule has 1 aliphatic rings. The van der Waals surface area contributed by atoms with E-state index in [1.54, 1.807) is 17.8 Å². The molecule has 0 saturated heterocycles. The van der Waals surface area contributed by atoms with E-state index in [0.717, 1.165) is 29.9 Å². The van der Waals surface area contributed by atoms with Crippen molar-refractivity contribution in [3.05, 3.63) is 22.2 Å². The van der Waals surface area contributed by atoms with Gasteiger partial charge in [-0.25, -0.2) is 0 Å². The number of nitrogens with two attached hydrogens (primary N) is 1. The van der Waals surface area contributed by atoms with E-state index in [4.69, 9.17) is 10.5 Å². The van der Waals surface area contributed by atoms with Crippen LogP contribution in [0.5, 0.6) is 5.75 Å². The fraction of sp³-hybridized carbons (Fsp3) is 0.600. The minimum absolute atomic E-state index is 0.0679. The van der Waals surface area contributed by atoms with Gasteiger partial charge in [0.2, 0.25) is 0 Å². The first-order chi connectivity index (χ1) is 10.1. The quantitative estimate of drug-likeness (QED) is 0.365. The van der Waals surface area contributed by atoms with Crippen LogP contribution in [0.3, 0.4) is 0 Å². The third kappa shape index (κ3) is 4.27. The van der Waals surface area contributed by atoms with E-state index in [-0.39, 0.29) is 17.5 Å². The molecule has 2 rings (SSSR count). The molecule has 1 fully saturated rings. The Morgan fingerprint density at radius 2 is 2.10 bits per heavy atom. The number of anilines is 1. The molecule has 0 amide bonds. The highest BCUT2D eigenvalue weighted by atomic mass is 32.2. The molecule has 0 heterocycles. The van der Waals surface area contributed by atoms with Gasteiger partial charge in [0, 0.05) is 0 Å². The molecule has 1 aromatic carbocycles. The van der Waals surface area contributed by atoms with Crippen molar-refractivity contribution in [2.75, 3.05) is 11.5 Å². The number of thioether (sulfide) groups is 1. The van der Waals surface area contributed by atoms with Crippen LogP contribution in [0.2, 0.25) is 0 Å². The maximum atomic E-state index is 11.1. The second kappa shape index (κ2) is 7.54. The van der Waals surface area contributed by atoms with Crippen LogP contribution in [0.4, 0.5) is 11.4 Å². The molecular formula is C15H22N2O3S. The lowest BCUT2D eigenvalue weighted by Crippen LogP contribution is -2.20. The van der Waals surface area contributed by atoms with E-state index in [9.17, 15) is 10.1 Å². The van der Waals surface area contributed by atoms with Crippen LogP contribution >= 0.6 is 11.8 Å². The van der Waals surface area contributed by atoms with Crippen LogP contribution in [0.25, 0.3) is 0 Å². The monoisotopic (exact) mass is 310 g/mol. The topological polar surface area (TPSA) is 78.4 Å². The van der Waals surface area contributed by atoms with Gasteiger partial charge in [-0.05, 0) is 43.9 Å². The van der Waals surface area contributed by atoms with Crippen LogP contribution in [-0.2, 0) is 0 Å². The molecule has 0 radical (unpaired) electrons. The molecular weight excluding hydrogens is 288 g/mol. The Hall–Kier alpha value is -1.43. The molecule has 0 aliphatic heterocycles. The second-order valence-electron chi connectivity index (χ2n) is 5.34. The first-order valence-electron chi connectivity index (χ1n) is 7.49. The lowest BCUT2D eigenvalue weighted by molar-refractivity contribution is -0.384. The molecule has 1 aliphatic carbocycles. The van der Waals surface area contributed by atoms with Crippen LogP contribution in [0.1, 0.15) is 45.4 Å². The summed E-state index contributed by atoms with van der Waals surface area (Å²) in [6.45, 7) is 2.10. The van der Waals surface area contributed by atoms with Crippen molar-refractivity contribution in [3.8, 4) is 5.75 Å². The minimum Gasteiger partial charge on any atom is -0.489 e. The standard InChI is InChI=1S/C15H22N2O3S/c1-2-8-21-15-9-12(16)13(17(18)19)10-14(15)20-11-6-4-3-5-7-11/h9-11H,2-8,16H2,1H3. The van der Waals surface area contributed by atoms with Crippen molar-refractivity contribution in [1.82, 2.24) is 0 Å². The van der Waals surface area contributed by atoms with E-state index in [0.29, 0.717) is 5.75 Å². The first-order valence-corrected chi connectivity index (χ1v) is 8.47. The largest absolute Gasteiger partial charge is 0.489 e. The van der Waals surface area contributed by atoms with Crippen molar-refractivity contribution in [2.24, 2.45) is 0 Å². The maximum Gasteiger partial charge on any atom is 0.295 e. The molecule has 116 valence electrons. The number of benzene rings is 1. The zero-order chi connectivity index (χ0) is 15.2. The Bertz CT molecular complexity index is 502. The lowest BCUT2D eigenvalue weighted by Gasteiger charge is -2.24. The summed E-state index contributed by atoms with van der Waals surface area (Å²) in [4.78, 5) is 11.5. The zero-order valence-corrected chi connectivity index (χ0v) is 13.2. The van der Waals surface area contributed by atoms with Crippen molar-refractivity contribution in [1.29, 1.82) is 0 Å². The van der Waals surface area contributed by atoms with Gasteiger partial charge in [0.25, 0.3) is 5.69 Å². The minimum atomic E-state index is -0.447. The predicted octanol–water partition coefficient (Wildman–Crippen LogP) is 4.39.